The molecule has 6 nitrogen and oxygen atoms in total. The maximum Gasteiger partial charge on any atom is 0.276 e. The van der Waals surface area contributed by atoms with Crippen LogP contribution >= 0.6 is 11.6 Å². The summed E-state index contributed by atoms with van der Waals surface area (Å²) >= 11 is 5.62. The van der Waals surface area contributed by atoms with Gasteiger partial charge in [-0.05, 0) is 35.0 Å². The van der Waals surface area contributed by atoms with Crippen LogP contribution in [0.4, 0.5) is 5.82 Å². The van der Waals surface area contributed by atoms with E-state index in [1.54, 1.807) is 12.1 Å². The first-order chi connectivity index (χ1) is 11.2. The fourth-order valence-electron chi connectivity index (χ4n) is 1.96. The Morgan fingerprint density at radius 1 is 1.04 bits per heavy atom. The van der Waals surface area contributed by atoms with Crippen LogP contribution in [-0.4, -0.2) is 22.7 Å². The van der Waals surface area contributed by atoms with Crippen molar-refractivity contribution in [1.29, 1.82) is 0 Å². The number of fused-ring (bicyclic) bond motifs is 1. The number of amides is 1. The van der Waals surface area contributed by atoms with Crippen LogP contribution in [-0.2, 0) is 4.79 Å². The third-order valence-electron chi connectivity index (χ3n) is 3.05. The maximum absolute atomic E-state index is 11.7. The second-order valence-electron chi connectivity index (χ2n) is 4.71. The first-order valence-corrected chi connectivity index (χ1v) is 7.24. The molecule has 0 saturated heterocycles. The Bertz CT molecular complexity index is 824. The summed E-state index contributed by atoms with van der Waals surface area (Å²) in [5.74, 6) is 0.675. The predicted octanol–water partition coefficient (Wildman–Crippen LogP) is 2.81. The topological polar surface area (TPSA) is 76.1 Å². The number of anilines is 1. The van der Waals surface area contributed by atoms with E-state index in [2.05, 4.69) is 21.0 Å². The van der Waals surface area contributed by atoms with Gasteiger partial charge in [0.05, 0.1) is 0 Å². The summed E-state index contributed by atoms with van der Waals surface area (Å²) in [5.41, 5.74) is 5.09. The Morgan fingerprint density at radius 3 is 2.65 bits per heavy atom. The summed E-state index contributed by atoms with van der Waals surface area (Å²) in [7, 11) is 0. The van der Waals surface area contributed by atoms with Crippen molar-refractivity contribution in [2.75, 3.05) is 12.0 Å². The van der Waals surface area contributed by atoms with E-state index in [1.165, 1.54) is 0 Å². The Morgan fingerprint density at radius 2 is 1.87 bits per heavy atom. The molecule has 3 aromatic rings. The van der Waals surface area contributed by atoms with E-state index >= 15 is 0 Å². The van der Waals surface area contributed by atoms with Gasteiger partial charge in [0.25, 0.3) is 5.91 Å². The molecule has 0 saturated carbocycles. The SMILES string of the molecule is O=C(COc1ccc2ccccc2c1)NNc1ccc(Cl)nn1. The standard InChI is InChI=1S/C16H13ClN4O2/c17-14-7-8-15(19-18-14)20-21-16(22)10-23-13-6-5-11-3-1-2-4-12(11)9-13/h1-9H,10H2,(H,19,20)(H,21,22). The van der Waals surface area contributed by atoms with Gasteiger partial charge >= 0.3 is 0 Å². The van der Waals surface area contributed by atoms with Gasteiger partial charge in [-0.1, -0.05) is 41.9 Å². The number of hydrazine groups is 1. The van der Waals surface area contributed by atoms with Gasteiger partial charge < -0.3 is 4.74 Å². The van der Waals surface area contributed by atoms with Crippen molar-refractivity contribution in [1.82, 2.24) is 15.6 Å². The minimum atomic E-state index is -0.338. The molecule has 2 aromatic carbocycles. The molecule has 7 heteroatoms. The molecule has 23 heavy (non-hydrogen) atoms. The largest absolute Gasteiger partial charge is 0.484 e. The summed E-state index contributed by atoms with van der Waals surface area (Å²) in [6, 6.07) is 16.8. The number of nitrogens with zero attached hydrogens (tertiary/aromatic N) is 2. The molecule has 2 N–H and O–H groups in total. The average molecular weight is 329 g/mol. The lowest BCUT2D eigenvalue weighted by Gasteiger charge is -2.09. The minimum absolute atomic E-state index is 0.119. The average Bonchev–Trinajstić information content (AvgIpc) is 2.59. The third-order valence-corrected chi connectivity index (χ3v) is 3.25. The van der Waals surface area contributed by atoms with Crippen molar-refractivity contribution in [3.8, 4) is 5.75 Å². The molecule has 1 heterocycles. The van der Waals surface area contributed by atoms with Crippen molar-refractivity contribution in [2.45, 2.75) is 0 Å². The van der Waals surface area contributed by atoms with Gasteiger partial charge in [-0.25, -0.2) is 0 Å². The highest BCUT2D eigenvalue weighted by molar-refractivity contribution is 6.29. The summed E-state index contributed by atoms with van der Waals surface area (Å²) in [5, 5.41) is 9.86. The number of nitrogens with one attached hydrogen (secondary N) is 2. The number of halogens is 1. The van der Waals surface area contributed by atoms with Gasteiger partial charge in [-0.2, -0.15) is 0 Å². The zero-order valence-electron chi connectivity index (χ0n) is 12.0. The zero-order valence-corrected chi connectivity index (χ0v) is 12.7. The number of rotatable bonds is 5. The molecule has 1 aromatic heterocycles. The third kappa shape index (κ3) is 4.08. The van der Waals surface area contributed by atoms with Crippen LogP contribution in [0.25, 0.3) is 10.8 Å². The highest BCUT2D eigenvalue weighted by Crippen LogP contribution is 2.20. The monoisotopic (exact) mass is 328 g/mol. The number of hydrogen-bond donors (Lipinski definition) is 2. The molecule has 0 radical (unpaired) electrons. The summed E-state index contributed by atoms with van der Waals surface area (Å²) in [6.45, 7) is -0.119. The van der Waals surface area contributed by atoms with E-state index in [-0.39, 0.29) is 17.7 Å². The lowest BCUT2D eigenvalue weighted by atomic mass is 10.1. The molecule has 0 aliphatic rings. The van der Waals surface area contributed by atoms with Crippen LogP contribution in [0, 0.1) is 0 Å². The normalized spacial score (nSPS) is 10.3. The van der Waals surface area contributed by atoms with Gasteiger partial charge in [-0.15, -0.1) is 10.2 Å². The molecule has 1 amide bonds. The van der Waals surface area contributed by atoms with E-state index in [0.29, 0.717) is 11.6 Å². The summed E-state index contributed by atoms with van der Waals surface area (Å²) < 4.78 is 5.47. The van der Waals surface area contributed by atoms with Crippen molar-refractivity contribution in [2.24, 2.45) is 0 Å². The number of hydrogen-bond acceptors (Lipinski definition) is 5. The molecule has 3 rings (SSSR count). The molecule has 0 bridgehead atoms. The number of aromatic nitrogens is 2. The highest BCUT2D eigenvalue weighted by atomic mass is 35.5. The van der Waals surface area contributed by atoms with Crippen molar-refractivity contribution >= 4 is 34.1 Å². The van der Waals surface area contributed by atoms with Crippen molar-refractivity contribution in [3.05, 3.63) is 59.8 Å². The highest BCUT2D eigenvalue weighted by Gasteiger charge is 2.04. The Balaban J connectivity index is 1.52. The number of benzene rings is 2. The Kier molecular flexibility index (Phi) is 4.54. The van der Waals surface area contributed by atoms with Gasteiger partial charge in [0.1, 0.15) is 5.75 Å². The van der Waals surface area contributed by atoms with E-state index in [0.717, 1.165) is 10.8 Å². The quantitative estimate of drug-likeness (QED) is 0.704. The summed E-state index contributed by atoms with van der Waals surface area (Å²) in [6.07, 6.45) is 0. The van der Waals surface area contributed by atoms with Crippen LogP contribution in [0.2, 0.25) is 5.15 Å². The number of carbonyl (C=O) groups is 1. The van der Waals surface area contributed by atoms with E-state index in [9.17, 15) is 4.79 Å². The fraction of sp³-hybridized carbons (Fsp3) is 0.0625. The van der Waals surface area contributed by atoms with Gasteiger partial charge in [-0.3, -0.25) is 15.6 Å². The first kappa shape index (κ1) is 15.1. The van der Waals surface area contributed by atoms with E-state index < -0.39 is 0 Å². The van der Waals surface area contributed by atoms with Crippen LogP contribution in [0.5, 0.6) is 5.75 Å². The molecule has 0 aliphatic carbocycles. The lowest BCUT2D eigenvalue weighted by Crippen LogP contribution is -2.34. The first-order valence-electron chi connectivity index (χ1n) is 6.86. The van der Waals surface area contributed by atoms with Crippen LogP contribution in [0.15, 0.2) is 54.6 Å². The molecule has 0 spiro atoms. The van der Waals surface area contributed by atoms with E-state index in [4.69, 9.17) is 16.3 Å². The number of ether oxygens (including phenoxy) is 1. The molecular weight excluding hydrogens is 316 g/mol. The summed E-state index contributed by atoms with van der Waals surface area (Å²) in [4.78, 5) is 11.7. The molecule has 0 aliphatic heterocycles. The van der Waals surface area contributed by atoms with Gasteiger partial charge in [0.2, 0.25) is 0 Å². The number of carbonyl (C=O) groups excluding carboxylic acids is 1. The predicted molar refractivity (Wildman–Crippen MR) is 88.3 cm³/mol. The molecule has 116 valence electrons. The minimum Gasteiger partial charge on any atom is -0.484 e. The van der Waals surface area contributed by atoms with Gasteiger partial charge in [0, 0.05) is 0 Å². The van der Waals surface area contributed by atoms with Crippen molar-refractivity contribution < 1.29 is 9.53 Å². The van der Waals surface area contributed by atoms with Crippen LogP contribution in [0.3, 0.4) is 0 Å². The fourth-order valence-corrected chi connectivity index (χ4v) is 2.06. The smallest absolute Gasteiger partial charge is 0.276 e. The maximum atomic E-state index is 11.7. The molecule has 0 atom stereocenters. The van der Waals surface area contributed by atoms with Crippen LogP contribution in [0.1, 0.15) is 0 Å². The Hall–Kier alpha value is -2.86. The molecule has 0 unspecified atom stereocenters. The molecule has 0 fully saturated rings. The second kappa shape index (κ2) is 6.93. The lowest BCUT2D eigenvalue weighted by molar-refractivity contribution is -0.122. The van der Waals surface area contributed by atoms with Crippen LogP contribution < -0.4 is 15.6 Å². The van der Waals surface area contributed by atoms with E-state index in [1.807, 2.05) is 42.5 Å². The van der Waals surface area contributed by atoms with Gasteiger partial charge in [0.15, 0.2) is 17.6 Å². The Labute approximate surface area is 137 Å². The van der Waals surface area contributed by atoms with Crippen molar-refractivity contribution in [3.63, 3.8) is 0 Å². The second-order valence-corrected chi connectivity index (χ2v) is 5.10. The zero-order chi connectivity index (χ0) is 16.1. The molecular formula is C16H13ClN4O2.